The van der Waals surface area contributed by atoms with Crippen LogP contribution in [0.2, 0.25) is 0 Å². The fourth-order valence-electron chi connectivity index (χ4n) is 2.50. The number of imidazole rings is 1. The molecule has 0 saturated carbocycles. The van der Waals surface area contributed by atoms with Gasteiger partial charge in [-0.05, 0) is 37.3 Å². The predicted octanol–water partition coefficient (Wildman–Crippen LogP) is 2.74. The third kappa shape index (κ3) is 4.87. The first kappa shape index (κ1) is 19.8. The smallest absolute Gasteiger partial charge is 0.323 e. The lowest BCUT2D eigenvalue weighted by molar-refractivity contribution is -0.113. The lowest BCUT2D eigenvalue weighted by Gasteiger charge is -2.08. The van der Waals surface area contributed by atoms with Crippen LogP contribution in [0.5, 0.6) is 5.75 Å². The molecule has 1 amide bonds. The van der Waals surface area contributed by atoms with Crippen molar-refractivity contribution in [3.63, 3.8) is 0 Å². The van der Waals surface area contributed by atoms with Crippen LogP contribution in [0.4, 0.5) is 11.4 Å². The molecule has 0 unspecified atom stereocenters. The topological polar surface area (TPSA) is 152 Å². The van der Waals surface area contributed by atoms with Crippen LogP contribution in [0.25, 0.3) is 11.0 Å². The van der Waals surface area contributed by atoms with Crippen LogP contribution in [-0.2, 0) is 4.79 Å². The quantitative estimate of drug-likeness (QED) is 0.236. The first-order valence-corrected chi connectivity index (χ1v) is 8.65. The Balaban J connectivity index is 1.80. The van der Waals surface area contributed by atoms with Gasteiger partial charge in [-0.2, -0.15) is 0 Å². The van der Waals surface area contributed by atoms with Gasteiger partial charge in [-0.15, -0.1) is 10.2 Å². The van der Waals surface area contributed by atoms with Gasteiger partial charge in [0.15, 0.2) is 5.70 Å². The lowest BCUT2D eigenvalue weighted by atomic mass is 10.2. The zero-order valence-corrected chi connectivity index (χ0v) is 15.5. The molecule has 0 aliphatic carbocycles. The number of benzene rings is 2. The van der Waals surface area contributed by atoms with Gasteiger partial charge in [0.25, 0.3) is 5.91 Å². The number of aliphatic hydroxyl groups is 2. The highest BCUT2D eigenvalue weighted by Gasteiger charge is 2.14. The van der Waals surface area contributed by atoms with E-state index in [1.54, 1.807) is 42.5 Å². The van der Waals surface area contributed by atoms with Gasteiger partial charge in [-0.3, -0.25) is 4.79 Å². The number of carbonyl (C=O) groups is 1. The Labute approximate surface area is 164 Å². The number of aliphatic hydroxyl groups excluding tert-OH is 2. The van der Waals surface area contributed by atoms with Gasteiger partial charge >= 0.3 is 5.69 Å². The largest absolute Gasteiger partial charge is 0.510 e. The molecular formula is C19H19N5O5. The maximum absolute atomic E-state index is 12.5. The number of ether oxygens (including phenoxy) is 1. The zero-order chi connectivity index (χ0) is 20.8. The Bertz CT molecular complexity index is 1140. The number of fused-ring (bicyclic) bond motifs is 1. The normalized spacial score (nSPS) is 12.2. The number of nitrogens with zero attached hydrogens (tertiary/aromatic N) is 2. The number of allylic oxidation sites excluding steroid dienone is 1. The first-order chi connectivity index (χ1) is 14.0. The monoisotopic (exact) mass is 397 g/mol. The van der Waals surface area contributed by atoms with Crippen molar-refractivity contribution in [2.75, 3.05) is 18.5 Å². The summed E-state index contributed by atoms with van der Waals surface area (Å²) < 4.78 is 5.36. The van der Waals surface area contributed by atoms with Crippen LogP contribution in [-0.4, -0.2) is 39.3 Å². The van der Waals surface area contributed by atoms with Crippen LogP contribution in [0.3, 0.4) is 0 Å². The average Bonchev–Trinajstić information content (AvgIpc) is 3.06. The summed E-state index contributed by atoms with van der Waals surface area (Å²) >= 11 is 0. The van der Waals surface area contributed by atoms with Gasteiger partial charge in [-0.25, -0.2) is 4.79 Å². The van der Waals surface area contributed by atoms with E-state index in [1.165, 1.54) is 6.92 Å². The molecule has 2 aromatic carbocycles. The first-order valence-electron chi connectivity index (χ1n) is 8.65. The second kappa shape index (κ2) is 8.85. The van der Waals surface area contributed by atoms with Crippen molar-refractivity contribution >= 4 is 28.3 Å². The van der Waals surface area contributed by atoms with E-state index in [9.17, 15) is 14.7 Å². The van der Waals surface area contributed by atoms with E-state index >= 15 is 0 Å². The minimum atomic E-state index is -0.681. The molecule has 29 heavy (non-hydrogen) atoms. The second-order valence-electron chi connectivity index (χ2n) is 5.97. The molecule has 0 aliphatic heterocycles. The maximum atomic E-state index is 12.5. The number of H-pyrrole nitrogens is 2. The number of hydrogen-bond donors (Lipinski definition) is 5. The summed E-state index contributed by atoms with van der Waals surface area (Å²) in [7, 11) is 0. The Morgan fingerprint density at radius 1 is 1.17 bits per heavy atom. The number of rotatable bonds is 7. The molecule has 3 rings (SSSR count). The van der Waals surface area contributed by atoms with Crippen molar-refractivity contribution in [3.05, 3.63) is 64.4 Å². The highest BCUT2D eigenvalue weighted by atomic mass is 16.5. The Hall–Kier alpha value is -3.92. The number of azo groups is 1. The number of para-hydroxylation sites is 1. The molecule has 5 N–H and O–H groups in total. The van der Waals surface area contributed by atoms with Crippen molar-refractivity contribution < 1.29 is 19.7 Å². The summed E-state index contributed by atoms with van der Waals surface area (Å²) in [6.07, 6.45) is 0. The Kier molecular flexibility index (Phi) is 6.05. The molecule has 150 valence electrons. The van der Waals surface area contributed by atoms with Gasteiger partial charge in [-0.1, -0.05) is 12.1 Å². The van der Waals surface area contributed by atoms with Crippen molar-refractivity contribution in [1.82, 2.24) is 9.97 Å². The van der Waals surface area contributed by atoms with E-state index in [0.717, 1.165) is 0 Å². The molecule has 0 saturated heterocycles. The van der Waals surface area contributed by atoms with Crippen LogP contribution in [0, 0.1) is 0 Å². The van der Waals surface area contributed by atoms with Crippen molar-refractivity contribution in [2.24, 2.45) is 10.2 Å². The van der Waals surface area contributed by atoms with Crippen molar-refractivity contribution in [2.45, 2.75) is 6.92 Å². The van der Waals surface area contributed by atoms with Gasteiger partial charge in [0.1, 0.15) is 23.8 Å². The third-order valence-electron chi connectivity index (χ3n) is 3.80. The van der Waals surface area contributed by atoms with Crippen LogP contribution >= 0.6 is 0 Å². The number of anilines is 1. The number of amides is 1. The number of carbonyl (C=O) groups excluding carboxylic acids is 1. The molecule has 0 atom stereocenters. The maximum Gasteiger partial charge on any atom is 0.323 e. The van der Waals surface area contributed by atoms with Gasteiger partial charge in [0.2, 0.25) is 0 Å². The molecule has 0 aliphatic rings. The van der Waals surface area contributed by atoms with E-state index in [0.29, 0.717) is 28.2 Å². The predicted molar refractivity (Wildman–Crippen MR) is 106 cm³/mol. The molecular weight excluding hydrogens is 378 g/mol. The summed E-state index contributed by atoms with van der Waals surface area (Å²) in [6.45, 7) is 1.24. The van der Waals surface area contributed by atoms with E-state index in [4.69, 9.17) is 9.84 Å². The second-order valence-corrected chi connectivity index (χ2v) is 5.97. The summed E-state index contributed by atoms with van der Waals surface area (Å²) in [5.74, 6) is -0.626. The summed E-state index contributed by atoms with van der Waals surface area (Å²) in [5.41, 5.74) is 1.21. The fraction of sp³-hybridized carbons (Fsp3) is 0.158. The van der Waals surface area contributed by atoms with Crippen LogP contribution < -0.4 is 15.7 Å². The van der Waals surface area contributed by atoms with Gasteiger partial charge < -0.3 is 30.2 Å². The molecule has 10 heteroatoms. The molecule has 0 bridgehead atoms. The standard InChI is InChI=1S/C19H19N5O5/c1-11(26)17(24-23-14-4-2-3-5-16(14)29-9-8-25)18(27)20-12-6-7-13-15(10-12)22-19(28)21-13/h2-7,10,25-26H,8-9H2,1H3,(H,20,27)(H2,21,22,28). The summed E-state index contributed by atoms with van der Waals surface area (Å²) in [4.78, 5) is 29.1. The summed E-state index contributed by atoms with van der Waals surface area (Å²) in [6, 6.07) is 11.5. The molecule has 1 heterocycles. The van der Waals surface area contributed by atoms with Gasteiger partial charge in [0, 0.05) is 5.69 Å². The molecule has 3 aromatic rings. The number of aromatic amines is 2. The highest BCUT2D eigenvalue weighted by molar-refractivity contribution is 6.04. The molecule has 1 aromatic heterocycles. The fourth-order valence-corrected chi connectivity index (χ4v) is 2.50. The lowest BCUT2D eigenvalue weighted by Crippen LogP contribution is -2.14. The molecule has 0 spiro atoms. The van der Waals surface area contributed by atoms with Crippen LogP contribution in [0.1, 0.15) is 6.92 Å². The average molecular weight is 397 g/mol. The van der Waals surface area contributed by atoms with E-state index in [1.807, 2.05) is 0 Å². The number of nitrogens with one attached hydrogen (secondary N) is 3. The number of aromatic nitrogens is 2. The zero-order valence-electron chi connectivity index (χ0n) is 15.5. The number of hydrogen-bond acceptors (Lipinski definition) is 7. The Morgan fingerprint density at radius 3 is 2.69 bits per heavy atom. The van der Waals surface area contributed by atoms with E-state index < -0.39 is 5.91 Å². The Morgan fingerprint density at radius 2 is 1.93 bits per heavy atom. The minimum Gasteiger partial charge on any atom is -0.510 e. The van der Waals surface area contributed by atoms with Gasteiger partial charge in [0.05, 0.1) is 17.6 Å². The van der Waals surface area contributed by atoms with E-state index in [2.05, 4.69) is 25.5 Å². The summed E-state index contributed by atoms with van der Waals surface area (Å²) in [5, 5.41) is 29.2. The minimum absolute atomic E-state index is 0.0818. The van der Waals surface area contributed by atoms with Crippen molar-refractivity contribution in [1.29, 1.82) is 0 Å². The molecule has 0 fully saturated rings. The van der Waals surface area contributed by atoms with E-state index in [-0.39, 0.29) is 30.4 Å². The SMILES string of the molecule is CC(O)=C(N=Nc1ccccc1OCCO)C(=O)Nc1ccc2[nH]c(=O)[nH]c2c1. The highest BCUT2D eigenvalue weighted by Crippen LogP contribution is 2.28. The molecule has 0 radical (unpaired) electrons. The third-order valence-corrected chi connectivity index (χ3v) is 3.80. The van der Waals surface area contributed by atoms with Crippen LogP contribution in [0.15, 0.2) is 68.9 Å². The molecule has 10 nitrogen and oxygen atoms in total. The van der Waals surface area contributed by atoms with Crippen molar-refractivity contribution in [3.8, 4) is 5.75 Å².